The van der Waals surface area contributed by atoms with Crippen LogP contribution in [0.4, 0.5) is 0 Å². The number of hydrogen-bond acceptors (Lipinski definition) is 5. The van der Waals surface area contributed by atoms with Gasteiger partial charge in [-0.05, 0) is 17.7 Å². The fraction of sp³-hybridized carbons (Fsp3) is 0. The Morgan fingerprint density at radius 3 is 2.00 bits per heavy atom. The monoisotopic (exact) mass is 329 g/mol. The first-order chi connectivity index (χ1) is 11.0. The third-order valence-corrected chi connectivity index (χ3v) is 4.37. The van der Waals surface area contributed by atoms with E-state index >= 15 is 0 Å². The molecular weight excluding hydrogens is 318 g/mol. The smallest absolute Gasteiger partial charge is 0.267 e. The molecule has 0 saturated carbocycles. The fourth-order valence-corrected chi connectivity index (χ4v) is 2.99. The molecule has 2 aromatic carbocycles. The topological polar surface area (TPSA) is 80.8 Å². The molecule has 2 aromatic rings. The van der Waals surface area contributed by atoms with Gasteiger partial charge in [0.15, 0.2) is 0 Å². The third-order valence-electron chi connectivity index (χ3n) is 3.17. The van der Waals surface area contributed by atoms with Gasteiger partial charge in [-0.1, -0.05) is 48.5 Å². The van der Waals surface area contributed by atoms with Crippen molar-refractivity contribution in [3.63, 3.8) is 0 Å². The van der Waals surface area contributed by atoms with E-state index in [9.17, 15) is 18.0 Å². The van der Waals surface area contributed by atoms with Crippen molar-refractivity contribution in [2.75, 3.05) is 0 Å². The van der Waals surface area contributed by atoms with E-state index in [0.29, 0.717) is 5.56 Å². The van der Waals surface area contributed by atoms with Crippen LogP contribution < -0.4 is 0 Å². The van der Waals surface area contributed by atoms with Crippen molar-refractivity contribution in [2.45, 2.75) is 4.90 Å². The first-order valence-electron chi connectivity index (χ1n) is 6.64. The van der Waals surface area contributed by atoms with Crippen molar-refractivity contribution in [1.29, 1.82) is 0 Å². The van der Waals surface area contributed by atoms with Gasteiger partial charge in [-0.25, -0.2) is 0 Å². The van der Waals surface area contributed by atoms with E-state index in [1.54, 1.807) is 36.4 Å². The fourth-order valence-electron chi connectivity index (χ4n) is 2.08. The summed E-state index contributed by atoms with van der Waals surface area (Å²) in [5.41, 5.74) is 0.591. The van der Waals surface area contributed by atoms with E-state index in [-0.39, 0.29) is 15.5 Å². The number of hydroxylamine groups is 2. The van der Waals surface area contributed by atoms with Crippen LogP contribution in [-0.2, 0) is 24.0 Å². The molecule has 1 heterocycles. The lowest BCUT2D eigenvalue weighted by atomic mass is 10.1. The Kier molecular flexibility index (Phi) is 3.81. The Balaban J connectivity index is 1.87. The average Bonchev–Trinajstić information content (AvgIpc) is 2.84. The van der Waals surface area contributed by atoms with Crippen LogP contribution in [-0.4, -0.2) is 25.3 Å². The summed E-state index contributed by atoms with van der Waals surface area (Å²) in [6.45, 7) is 0. The van der Waals surface area contributed by atoms with Gasteiger partial charge in [0, 0.05) is 6.08 Å². The molecular formula is C16H11NO5S. The number of amides is 2. The Hall–Kier alpha value is -2.77. The number of benzene rings is 2. The van der Waals surface area contributed by atoms with Crippen LogP contribution in [0, 0.1) is 0 Å². The summed E-state index contributed by atoms with van der Waals surface area (Å²) in [5.74, 6) is -1.66. The predicted molar refractivity (Wildman–Crippen MR) is 81.0 cm³/mol. The molecule has 7 heteroatoms. The van der Waals surface area contributed by atoms with Gasteiger partial charge in [-0.2, -0.15) is 8.42 Å². The maximum absolute atomic E-state index is 12.3. The van der Waals surface area contributed by atoms with Crippen molar-refractivity contribution in [2.24, 2.45) is 0 Å². The second-order valence-electron chi connectivity index (χ2n) is 4.70. The highest BCUT2D eigenvalue weighted by Gasteiger charge is 2.37. The van der Waals surface area contributed by atoms with Crippen LogP contribution >= 0.6 is 0 Å². The normalized spacial score (nSPS) is 15.0. The Morgan fingerprint density at radius 1 is 0.826 bits per heavy atom. The minimum absolute atomic E-state index is 0.0823. The van der Waals surface area contributed by atoms with Crippen LogP contribution in [0.3, 0.4) is 0 Å². The van der Waals surface area contributed by atoms with Crippen LogP contribution in [0.25, 0.3) is 5.57 Å². The Bertz CT molecular complexity index is 889. The highest BCUT2D eigenvalue weighted by atomic mass is 32.2. The van der Waals surface area contributed by atoms with Gasteiger partial charge in [-0.15, -0.1) is 9.35 Å². The molecule has 0 saturated heterocycles. The molecule has 0 unspecified atom stereocenters. The SMILES string of the molecule is O=C1C=C(c2ccccc2)C(=O)N1OS(=O)(=O)c1ccccc1. The summed E-state index contributed by atoms with van der Waals surface area (Å²) in [7, 11) is -4.26. The van der Waals surface area contributed by atoms with Gasteiger partial charge in [0.25, 0.3) is 11.8 Å². The van der Waals surface area contributed by atoms with Crippen molar-refractivity contribution in [3.8, 4) is 0 Å². The standard InChI is InChI=1S/C16H11NO5S/c18-15-11-14(12-7-3-1-4-8-12)16(19)17(15)22-23(20,21)13-9-5-2-6-10-13/h1-11H. The van der Waals surface area contributed by atoms with E-state index in [1.807, 2.05) is 0 Å². The minimum atomic E-state index is -4.26. The van der Waals surface area contributed by atoms with E-state index in [0.717, 1.165) is 6.08 Å². The molecule has 6 nitrogen and oxygen atoms in total. The molecule has 2 amide bonds. The average molecular weight is 329 g/mol. The lowest BCUT2D eigenvalue weighted by molar-refractivity contribution is -0.161. The van der Waals surface area contributed by atoms with Crippen molar-refractivity contribution >= 4 is 27.5 Å². The number of nitrogens with zero attached hydrogens (tertiary/aromatic N) is 1. The zero-order valence-corrected chi connectivity index (χ0v) is 12.6. The molecule has 1 aliphatic rings. The summed E-state index contributed by atoms with van der Waals surface area (Å²) in [6.07, 6.45) is 1.05. The van der Waals surface area contributed by atoms with Crippen LogP contribution in [0.2, 0.25) is 0 Å². The largest absolute Gasteiger partial charge is 0.318 e. The number of imide groups is 1. The summed E-state index contributed by atoms with van der Waals surface area (Å²) >= 11 is 0. The third kappa shape index (κ3) is 2.92. The highest BCUT2D eigenvalue weighted by Crippen LogP contribution is 2.25. The van der Waals surface area contributed by atoms with Gasteiger partial charge < -0.3 is 0 Å². The number of carbonyl (C=O) groups excluding carboxylic acids is 2. The summed E-state index contributed by atoms with van der Waals surface area (Å²) in [4.78, 5) is 24.0. The molecule has 0 aromatic heterocycles. The predicted octanol–water partition coefficient (Wildman–Crippen LogP) is 1.76. The Labute approximate surface area is 132 Å². The second-order valence-corrected chi connectivity index (χ2v) is 6.23. The quantitative estimate of drug-likeness (QED) is 0.799. The van der Waals surface area contributed by atoms with E-state index in [2.05, 4.69) is 0 Å². The van der Waals surface area contributed by atoms with Crippen LogP contribution in [0.1, 0.15) is 5.56 Å². The van der Waals surface area contributed by atoms with Crippen molar-refractivity contribution in [1.82, 2.24) is 5.06 Å². The molecule has 0 atom stereocenters. The zero-order chi connectivity index (χ0) is 16.4. The number of carbonyl (C=O) groups is 2. The second kappa shape index (κ2) is 5.79. The summed E-state index contributed by atoms with van der Waals surface area (Å²) < 4.78 is 29.0. The molecule has 0 bridgehead atoms. The van der Waals surface area contributed by atoms with Gasteiger partial charge in [0.05, 0.1) is 10.5 Å². The highest BCUT2D eigenvalue weighted by molar-refractivity contribution is 7.86. The minimum Gasteiger partial charge on any atom is -0.267 e. The van der Waals surface area contributed by atoms with Crippen LogP contribution in [0.5, 0.6) is 0 Å². The van der Waals surface area contributed by atoms with E-state index in [1.165, 1.54) is 24.3 Å². The molecule has 1 aliphatic heterocycles. The Morgan fingerprint density at radius 2 is 1.39 bits per heavy atom. The van der Waals surface area contributed by atoms with E-state index in [4.69, 9.17) is 4.28 Å². The first kappa shape index (κ1) is 15.1. The lowest BCUT2D eigenvalue weighted by Crippen LogP contribution is -2.33. The summed E-state index contributed by atoms with van der Waals surface area (Å²) in [5, 5.41) is 0.255. The molecule has 3 rings (SSSR count). The molecule has 116 valence electrons. The molecule has 0 N–H and O–H groups in total. The van der Waals surface area contributed by atoms with Crippen molar-refractivity contribution < 1.29 is 22.3 Å². The van der Waals surface area contributed by atoms with Gasteiger partial charge in [-0.3, -0.25) is 9.59 Å². The molecule has 0 radical (unpaired) electrons. The molecule has 23 heavy (non-hydrogen) atoms. The van der Waals surface area contributed by atoms with Gasteiger partial charge >= 0.3 is 10.1 Å². The van der Waals surface area contributed by atoms with Crippen molar-refractivity contribution in [3.05, 3.63) is 72.3 Å². The lowest BCUT2D eigenvalue weighted by Gasteiger charge is -2.13. The number of hydrogen-bond donors (Lipinski definition) is 0. The maximum Gasteiger partial charge on any atom is 0.318 e. The maximum atomic E-state index is 12.3. The van der Waals surface area contributed by atoms with Gasteiger partial charge in [0.1, 0.15) is 0 Å². The molecule has 0 spiro atoms. The van der Waals surface area contributed by atoms with Gasteiger partial charge in [0.2, 0.25) is 0 Å². The first-order valence-corrected chi connectivity index (χ1v) is 8.05. The van der Waals surface area contributed by atoms with E-state index < -0.39 is 21.9 Å². The summed E-state index contributed by atoms with van der Waals surface area (Å²) in [6, 6.07) is 15.8. The molecule has 0 fully saturated rings. The zero-order valence-electron chi connectivity index (χ0n) is 11.7. The number of rotatable bonds is 4. The van der Waals surface area contributed by atoms with Crippen LogP contribution in [0.15, 0.2) is 71.6 Å². The molecule has 0 aliphatic carbocycles.